The van der Waals surface area contributed by atoms with E-state index < -0.39 is 88.3 Å². The highest BCUT2D eigenvalue weighted by atomic mass is 79.9. The van der Waals surface area contributed by atoms with Gasteiger partial charge < -0.3 is 15.2 Å². The van der Waals surface area contributed by atoms with Crippen molar-refractivity contribution in [1.82, 2.24) is 9.99 Å². The monoisotopic (exact) mass is 868 g/mol. The summed E-state index contributed by atoms with van der Waals surface area (Å²) < 4.78 is 40.9. The Kier molecular flexibility index (Phi) is 9.35. The molecule has 0 radical (unpaired) electrons. The van der Waals surface area contributed by atoms with Gasteiger partial charge in [0.1, 0.15) is 5.75 Å². The summed E-state index contributed by atoms with van der Waals surface area (Å²) in [6, 6.07) is 17.2. The minimum absolute atomic E-state index is 0.0534. The maximum absolute atomic E-state index is 15.3. The van der Waals surface area contributed by atoms with Gasteiger partial charge in [0.2, 0.25) is 11.8 Å². The number of aromatic hydroxyl groups is 1. The first-order valence-corrected chi connectivity index (χ1v) is 18.7. The van der Waals surface area contributed by atoms with Crippen LogP contribution in [0.3, 0.4) is 0 Å². The number of phenols is 1. The highest BCUT2D eigenvalue weighted by Gasteiger charge is 2.70. The number of benzene rings is 3. The van der Waals surface area contributed by atoms with Crippen LogP contribution in [-0.4, -0.2) is 55.9 Å². The van der Waals surface area contributed by atoms with Crippen molar-refractivity contribution in [2.24, 2.45) is 23.7 Å². The predicted octanol–water partition coefficient (Wildman–Crippen LogP) is 5.74. The Labute approximate surface area is 335 Å². The summed E-state index contributed by atoms with van der Waals surface area (Å²) in [6.07, 6.45) is -2.58. The Balaban J connectivity index is 1.31. The van der Waals surface area contributed by atoms with Crippen LogP contribution in [-0.2, 0) is 30.8 Å². The average Bonchev–Trinajstić information content (AvgIpc) is 3.54. The number of carbonyl (C=O) groups excluding carboxylic acids is 4. The minimum atomic E-state index is -4.78. The molecule has 2 aliphatic carbocycles. The van der Waals surface area contributed by atoms with E-state index >= 15 is 4.79 Å². The molecule has 6 atom stereocenters. The standard InChI is InChI=1S/C38H27BBrCl2F3N4O7/c40-20-6-11-29(50)26(14-20)31-23-9-10-24-30(35(53)48(33(24)51)22-3-1-2-19(13-22)39(55)56)25(23)15-27-34(52)49(36(54)37(27,31)17-4-7-21(41)8-5-17)47-32-28(42)12-18(16-46-32)38(43,44)45/h1-9,11-14,16,24-25,27,30-31,50,55-56H,10,15H2,(H,46,47). The molecule has 4 N–H and O–H groups in total. The zero-order valence-electron chi connectivity index (χ0n) is 28.5. The average molecular weight is 870 g/mol. The van der Waals surface area contributed by atoms with Gasteiger partial charge in [-0.1, -0.05) is 75.0 Å². The van der Waals surface area contributed by atoms with Crippen molar-refractivity contribution in [2.45, 2.75) is 30.4 Å². The highest BCUT2D eigenvalue weighted by molar-refractivity contribution is 9.10. The van der Waals surface area contributed by atoms with E-state index in [2.05, 4.69) is 26.3 Å². The summed E-state index contributed by atoms with van der Waals surface area (Å²) in [5.41, 5.74) is 0.802. The molecule has 18 heteroatoms. The molecule has 1 aromatic heterocycles. The molecule has 2 saturated heterocycles. The first-order chi connectivity index (χ1) is 26.5. The van der Waals surface area contributed by atoms with Crippen LogP contribution in [0, 0.1) is 23.7 Å². The van der Waals surface area contributed by atoms with Crippen molar-refractivity contribution in [3.8, 4) is 5.75 Å². The predicted molar refractivity (Wildman–Crippen MR) is 201 cm³/mol. The largest absolute Gasteiger partial charge is 0.508 e. The van der Waals surface area contributed by atoms with Gasteiger partial charge in [-0.25, -0.2) is 4.98 Å². The van der Waals surface area contributed by atoms with Crippen LogP contribution in [0.4, 0.5) is 24.7 Å². The summed E-state index contributed by atoms with van der Waals surface area (Å²) in [6.45, 7) is 0. The molecule has 6 unspecified atom stereocenters. The quantitative estimate of drug-likeness (QED) is 0.108. The third-order valence-corrected chi connectivity index (χ3v) is 12.3. The molecular formula is C38H27BBrCl2F3N4O7. The molecule has 3 heterocycles. The lowest BCUT2D eigenvalue weighted by Crippen LogP contribution is -2.53. The first kappa shape index (κ1) is 38.2. The van der Waals surface area contributed by atoms with Crippen molar-refractivity contribution in [3.63, 3.8) is 0 Å². The SMILES string of the molecule is O=C1C2CC3C(=CCC4C(=O)N(c5cccc(B(O)O)c5)C(=O)C43)C(c3cc(Br)ccc3O)C2(c2ccc(Cl)cc2)C(=O)N1Nc1ncc(C(F)(F)F)cc1Cl. The Bertz CT molecular complexity index is 2390. The Morgan fingerprint density at radius 1 is 0.929 bits per heavy atom. The number of hydrazine groups is 1. The van der Waals surface area contributed by atoms with Gasteiger partial charge in [-0.05, 0) is 78.3 Å². The topological polar surface area (TPSA) is 160 Å². The van der Waals surface area contributed by atoms with Gasteiger partial charge in [0, 0.05) is 27.2 Å². The molecule has 0 spiro atoms. The van der Waals surface area contributed by atoms with Gasteiger partial charge in [-0.15, -0.1) is 0 Å². The zero-order valence-corrected chi connectivity index (χ0v) is 31.6. The lowest BCUT2D eigenvalue weighted by Gasteiger charge is -2.50. The van der Waals surface area contributed by atoms with Crippen molar-refractivity contribution in [1.29, 1.82) is 0 Å². The molecule has 1 saturated carbocycles. The summed E-state index contributed by atoms with van der Waals surface area (Å²) in [5, 5.41) is 31.6. The van der Waals surface area contributed by atoms with Gasteiger partial charge in [0.25, 0.3) is 11.8 Å². The Morgan fingerprint density at radius 2 is 1.66 bits per heavy atom. The summed E-state index contributed by atoms with van der Waals surface area (Å²) in [4.78, 5) is 63.5. The molecule has 286 valence electrons. The van der Waals surface area contributed by atoms with Crippen molar-refractivity contribution in [2.75, 3.05) is 10.3 Å². The van der Waals surface area contributed by atoms with Crippen LogP contribution in [0.1, 0.15) is 35.4 Å². The number of alkyl halides is 3. The van der Waals surface area contributed by atoms with Crippen molar-refractivity contribution >= 4 is 86.8 Å². The van der Waals surface area contributed by atoms with Gasteiger partial charge >= 0.3 is 13.3 Å². The number of imide groups is 2. The molecule has 0 bridgehead atoms. The molecule has 2 aliphatic heterocycles. The van der Waals surface area contributed by atoms with Gasteiger partial charge in [-0.2, -0.15) is 18.2 Å². The van der Waals surface area contributed by atoms with Crippen LogP contribution in [0.2, 0.25) is 10.0 Å². The second-order valence-corrected chi connectivity index (χ2v) is 15.9. The fourth-order valence-corrected chi connectivity index (χ4v) is 9.68. The van der Waals surface area contributed by atoms with Crippen LogP contribution < -0.4 is 15.8 Å². The smallest absolute Gasteiger partial charge is 0.488 e. The maximum atomic E-state index is 15.3. The van der Waals surface area contributed by atoms with Crippen LogP contribution >= 0.6 is 39.1 Å². The highest BCUT2D eigenvalue weighted by Crippen LogP contribution is 2.65. The number of hydrogen-bond acceptors (Lipinski definition) is 9. The number of amides is 4. The number of phenolic OH excluding ortho intramolecular Hbond substituents is 1. The van der Waals surface area contributed by atoms with E-state index in [9.17, 15) is 42.7 Å². The number of halogens is 6. The Morgan fingerprint density at radius 3 is 2.34 bits per heavy atom. The summed E-state index contributed by atoms with van der Waals surface area (Å²) in [5.74, 6) is -8.59. The van der Waals surface area contributed by atoms with E-state index in [0.29, 0.717) is 37.9 Å². The number of nitrogens with zero attached hydrogens (tertiary/aromatic N) is 3. The van der Waals surface area contributed by atoms with Crippen molar-refractivity contribution in [3.05, 3.63) is 122 Å². The summed E-state index contributed by atoms with van der Waals surface area (Å²) in [7, 11) is -1.87. The zero-order chi connectivity index (χ0) is 40.0. The molecule has 4 amide bonds. The molecule has 8 rings (SSSR count). The molecule has 3 aromatic carbocycles. The number of anilines is 2. The number of hydrogen-bond donors (Lipinski definition) is 4. The lowest BCUT2D eigenvalue weighted by molar-refractivity contribution is -0.139. The third-order valence-electron chi connectivity index (χ3n) is 11.3. The van der Waals surface area contributed by atoms with E-state index in [4.69, 9.17) is 23.2 Å². The second kappa shape index (κ2) is 13.7. The van der Waals surface area contributed by atoms with Gasteiger partial charge in [-0.3, -0.25) is 29.5 Å². The number of nitrogens with one attached hydrogen (secondary N) is 1. The fraction of sp³-hybridized carbons (Fsp3) is 0.237. The number of fused-ring (bicyclic) bond motifs is 4. The molecule has 4 aliphatic rings. The van der Waals surface area contributed by atoms with E-state index in [-0.39, 0.29) is 35.3 Å². The number of rotatable bonds is 6. The Hall–Kier alpha value is -4.74. The second-order valence-electron chi connectivity index (χ2n) is 14.1. The van der Waals surface area contributed by atoms with Crippen LogP contribution in [0.5, 0.6) is 5.75 Å². The number of carbonyl (C=O) groups is 4. The van der Waals surface area contributed by atoms with E-state index in [1.165, 1.54) is 42.5 Å². The summed E-state index contributed by atoms with van der Waals surface area (Å²) >= 11 is 16.0. The fourth-order valence-electron chi connectivity index (χ4n) is 8.96. The molecule has 11 nitrogen and oxygen atoms in total. The maximum Gasteiger partial charge on any atom is 0.488 e. The molecule has 56 heavy (non-hydrogen) atoms. The van der Waals surface area contributed by atoms with E-state index in [1.807, 2.05) is 0 Å². The lowest BCUT2D eigenvalue weighted by atomic mass is 9.49. The van der Waals surface area contributed by atoms with E-state index in [1.54, 1.807) is 30.3 Å². The molecule has 4 aromatic rings. The van der Waals surface area contributed by atoms with Crippen LogP contribution in [0.25, 0.3) is 0 Å². The van der Waals surface area contributed by atoms with E-state index in [0.717, 1.165) is 4.90 Å². The normalized spacial score (nSPS) is 25.9. The van der Waals surface area contributed by atoms with Gasteiger partial charge in [0.15, 0.2) is 5.82 Å². The number of pyridine rings is 1. The number of aromatic nitrogens is 1. The molecular weight excluding hydrogens is 843 g/mol. The van der Waals surface area contributed by atoms with Crippen molar-refractivity contribution < 1.29 is 47.5 Å². The van der Waals surface area contributed by atoms with Crippen LogP contribution in [0.15, 0.2) is 95.1 Å². The first-order valence-electron chi connectivity index (χ1n) is 17.2. The third kappa shape index (κ3) is 5.83. The molecule has 3 fully saturated rings. The van der Waals surface area contributed by atoms with Gasteiger partial charge in [0.05, 0.1) is 39.4 Å². The minimum Gasteiger partial charge on any atom is -0.508 e. The number of allylic oxidation sites excluding steroid dienone is 2.